The highest BCUT2D eigenvalue weighted by Crippen LogP contribution is 2.27. The summed E-state index contributed by atoms with van der Waals surface area (Å²) in [4.78, 5) is 18.7. The van der Waals surface area contributed by atoms with E-state index >= 15 is 0 Å². The van der Waals surface area contributed by atoms with Crippen LogP contribution in [0.2, 0.25) is 0 Å². The summed E-state index contributed by atoms with van der Waals surface area (Å²) in [6, 6.07) is 4.70. The lowest BCUT2D eigenvalue weighted by Gasteiger charge is -2.16. The summed E-state index contributed by atoms with van der Waals surface area (Å²) >= 11 is 0. The molecule has 0 saturated carbocycles. The van der Waals surface area contributed by atoms with Crippen molar-refractivity contribution < 1.29 is 13.7 Å². The van der Waals surface area contributed by atoms with Crippen molar-refractivity contribution in [1.82, 2.24) is 20.4 Å². The smallest absolute Gasteiger partial charge is 0.227 e. The minimum Gasteiger partial charge on any atom is -0.342 e. The average Bonchev–Trinajstić information content (AvgIpc) is 3.30. The fourth-order valence-corrected chi connectivity index (χ4v) is 3.69. The van der Waals surface area contributed by atoms with Crippen molar-refractivity contribution in [3.63, 3.8) is 0 Å². The number of halogens is 1. The number of rotatable bonds is 4. The van der Waals surface area contributed by atoms with Crippen LogP contribution >= 0.6 is 0 Å². The van der Waals surface area contributed by atoms with E-state index in [9.17, 15) is 9.18 Å². The van der Waals surface area contributed by atoms with Gasteiger partial charge in [-0.1, -0.05) is 5.16 Å². The molecular weight excluding hydrogens is 323 g/mol. The molecule has 4 rings (SSSR count). The molecule has 0 unspecified atom stereocenters. The first-order valence-electron chi connectivity index (χ1n) is 8.68. The Morgan fingerprint density at radius 2 is 2.12 bits per heavy atom. The Morgan fingerprint density at radius 1 is 1.36 bits per heavy atom. The first-order valence-corrected chi connectivity index (χ1v) is 8.68. The number of likely N-dealkylation sites (tertiary alicyclic amines) is 1. The molecule has 1 amide bonds. The number of fused-ring (bicyclic) bond motifs is 1. The van der Waals surface area contributed by atoms with E-state index in [0.29, 0.717) is 47.5 Å². The van der Waals surface area contributed by atoms with E-state index in [1.54, 1.807) is 19.1 Å². The van der Waals surface area contributed by atoms with Gasteiger partial charge in [0.2, 0.25) is 17.6 Å². The molecule has 132 valence electrons. The quantitative estimate of drug-likeness (QED) is 0.916. The Hall–Kier alpha value is -2.28. The van der Waals surface area contributed by atoms with Crippen LogP contribution in [-0.2, 0) is 11.2 Å². The van der Waals surface area contributed by atoms with Crippen molar-refractivity contribution in [2.75, 3.05) is 26.2 Å². The van der Waals surface area contributed by atoms with Crippen LogP contribution in [0.25, 0.3) is 11.4 Å². The van der Waals surface area contributed by atoms with E-state index in [2.05, 4.69) is 15.5 Å². The molecular formula is C18H21FN4O2. The van der Waals surface area contributed by atoms with Crippen molar-refractivity contribution in [2.24, 2.45) is 11.8 Å². The summed E-state index contributed by atoms with van der Waals surface area (Å²) in [6.07, 6.45) is 0.799. The van der Waals surface area contributed by atoms with Crippen LogP contribution in [0.15, 0.2) is 22.7 Å². The lowest BCUT2D eigenvalue weighted by Crippen LogP contribution is -2.32. The largest absolute Gasteiger partial charge is 0.342 e. The number of nitrogens with one attached hydrogen (secondary N) is 1. The number of carbonyl (C=O) groups excluding carboxylic acids is 1. The van der Waals surface area contributed by atoms with Crippen molar-refractivity contribution >= 4 is 5.91 Å². The van der Waals surface area contributed by atoms with E-state index in [1.165, 1.54) is 6.07 Å². The Balaban J connectivity index is 1.35. The lowest BCUT2D eigenvalue weighted by atomic mass is 10.0. The summed E-state index contributed by atoms with van der Waals surface area (Å²) in [7, 11) is 0. The maximum Gasteiger partial charge on any atom is 0.227 e. The maximum atomic E-state index is 13.4. The van der Waals surface area contributed by atoms with E-state index in [0.717, 1.165) is 26.2 Å². The summed E-state index contributed by atoms with van der Waals surface area (Å²) in [5, 5.41) is 7.31. The molecule has 0 bridgehead atoms. The molecule has 25 heavy (non-hydrogen) atoms. The zero-order valence-corrected chi connectivity index (χ0v) is 14.2. The van der Waals surface area contributed by atoms with E-state index in [-0.39, 0.29) is 11.7 Å². The van der Waals surface area contributed by atoms with Gasteiger partial charge in [-0.15, -0.1) is 0 Å². The second-order valence-electron chi connectivity index (χ2n) is 6.95. The van der Waals surface area contributed by atoms with E-state index in [1.807, 2.05) is 4.90 Å². The molecule has 1 N–H and O–H groups in total. The van der Waals surface area contributed by atoms with Gasteiger partial charge in [-0.25, -0.2) is 4.39 Å². The molecule has 2 fully saturated rings. The minimum atomic E-state index is -0.261. The summed E-state index contributed by atoms with van der Waals surface area (Å²) in [5.74, 6) is 1.94. The maximum absolute atomic E-state index is 13.4. The number of carbonyl (C=O) groups is 1. The van der Waals surface area contributed by atoms with Crippen molar-refractivity contribution in [3.8, 4) is 11.4 Å². The normalized spacial score (nSPS) is 22.4. The Kier molecular flexibility index (Phi) is 4.25. The van der Waals surface area contributed by atoms with E-state index < -0.39 is 0 Å². The molecule has 2 aliphatic heterocycles. The third kappa shape index (κ3) is 3.28. The topological polar surface area (TPSA) is 71.3 Å². The molecule has 0 aliphatic carbocycles. The summed E-state index contributed by atoms with van der Waals surface area (Å²) < 4.78 is 18.6. The van der Waals surface area contributed by atoms with Crippen LogP contribution < -0.4 is 5.32 Å². The van der Waals surface area contributed by atoms with Gasteiger partial charge in [-0.2, -0.15) is 4.98 Å². The van der Waals surface area contributed by atoms with Crippen LogP contribution in [0.5, 0.6) is 0 Å². The number of hydrogen-bond acceptors (Lipinski definition) is 5. The molecule has 1 aromatic heterocycles. The molecule has 2 atom stereocenters. The van der Waals surface area contributed by atoms with Crippen molar-refractivity contribution in [1.29, 1.82) is 0 Å². The van der Waals surface area contributed by atoms with E-state index in [4.69, 9.17) is 4.52 Å². The first kappa shape index (κ1) is 16.2. The van der Waals surface area contributed by atoms with Crippen LogP contribution in [-0.4, -0.2) is 47.1 Å². The number of aryl methyl sites for hydroxylation is 2. The molecule has 6 nitrogen and oxygen atoms in total. The molecule has 3 heterocycles. The second-order valence-corrected chi connectivity index (χ2v) is 6.95. The number of nitrogens with zero attached hydrogens (tertiary/aromatic N) is 3. The van der Waals surface area contributed by atoms with Gasteiger partial charge >= 0.3 is 0 Å². The number of aromatic nitrogens is 2. The fourth-order valence-electron chi connectivity index (χ4n) is 3.69. The molecule has 7 heteroatoms. The Morgan fingerprint density at radius 3 is 2.84 bits per heavy atom. The second kappa shape index (κ2) is 6.55. The third-order valence-electron chi connectivity index (χ3n) is 5.18. The summed E-state index contributed by atoms with van der Waals surface area (Å²) in [5.41, 5.74) is 1.24. The Bertz CT molecular complexity index is 779. The third-order valence-corrected chi connectivity index (χ3v) is 5.18. The van der Waals surface area contributed by atoms with Gasteiger partial charge in [0.25, 0.3) is 0 Å². The zero-order chi connectivity index (χ0) is 17.4. The monoisotopic (exact) mass is 344 g/mol. The van der Waals surface area contributed by atoms with Gasteiger partial charge in [0.05, 0.1) is 0 Å². The molecule has 0 radical (unpaired) electrons. The summed E-state index contributed by atoms with van der Waals surface area (Å²) in [6.45, 7) is 5.41. The number of hydrogen-bond donors (Lipinski definition) is 1. The SMILES string of the molecule is Cc1cc(-c2noc(CCC(=O)N3C[C@H]4CNC[C@H]4C3)n2)ccc1F. The van der Waals surface area contributed by atoms with Crippen LogP contribution in [0.4, 0.5) is 4.39 Å². The standard InChI is InChI=1S/C18H21FN4O2/c1-11-6-12(2-3-15(11)19)18-21-16(25-22-18)4-5-17(24)23-9-13-7-20-8-14(13)10-23/h2-3,6,13-14,20H,4-5,7-10H2,1H3/t13-,14+. The van der Waals surface area contributed by atoms with Crippen molar-refractivity contribution in [2.45, 2.75) is 19.8 Å². The highest BCUT2D eigenvalue weighted by molar-refractivity contribution is 5.76. The molecule has 2 aliphatic rings. The Labute approximate surface area is 145 Å². The van der Waals surface area contributed by atoms with Crippen LogP contribution in [0.1, 0.15) is 17.9 Å². The molecule has 2 aromatic rings. The van der Waals surface area contributed by atoms with Gasteiger partial charge in [0, 0.05) is 44.6 Å². The average molecular weight is 344 g/mol. The van der Waals surface area contributed by atoms with Gasteiger partial charge in [0.15, 0.2) is 0 Å². The first-order chi connectivity index (χ1) is 12.1. The number of benzene rings is 1. The van der Waals surface area contributed by atoms with Crippen LogP contribution in [0, 0.1) is 24.6 Å². The predicted molar refractivity (Wildman–Crippen MR) is 89.2 cm³/mol. The highest BCUT2D eigenvalue weighted by Gasteiger charge is 2.37. The number of amides is 1. The van der Waals surface area contributed by atoms with Gasteiger partial charge in [-0.05, 0) is 42.5 Å². The van der Waals surface area contributed by atoms with Crippen LogP contribution in [0.3, 0.4) is 0 Å². The highest BCUT2D eigenvalue weighted by atomic mass is 19.1. The van der Waals surface area contributed by atoms with Gasteiger partial charge < -0.3 is 14.7 Å². The lowest BCUT2D eigenvalue weighted by molar-refractivity contribution is -0.130. The molecule has 0 spiro atoms. The van der Waals surface area contributed by atoms with Crippen molar-refractivity contribution in [3.05, 3.63) is 35.5 Å². The predicted octanol–water partition coefficient (Wildman–Crippen LogP) is 1.79. The molecule has 2 saturated heterocycles. The van der Waals surface area contributed by atoms with Gasteiger partial charge in [-0.3, -0.25) is 4.79 Å². The molecule has 1 aromatic carbocycles. The zero-order valence-electron chi connectivity index (χ0n) is 14.2. The fraction of sp³-hybridized carbons (Fsp3) is 0.500. The minimum absolute atomic E-state index is 0.145. The van der Waals surface area contributed by atoms with Gasteiger partial charge in [0.1, 0.15) is 5.82 Å².